The average molecular weight is 338 g/mol. The van der Waals surface area contributed by atoms with Crippen molar-refractivity contribution in [1.82, 2.24) is 10.2 Å². The summed E-state index contributed by atoms with van der Waals surface area (Å²) in [4.78, 5) is 26.5. The molecule has 0 aromatic heterocycles. The van der Waals surface area contributed by atoms with Gasteiger partial charge in [-0.3, -0.25) is 9.59 Å². The highest BCUT2D eigenvalue weighted by Gasteiger charge is 2.14. The Morgan fingerprint density at radius 3 is 2.00 bits per heavy atom. The van der Waals surface area contributed by atoms with E-state index < -0.39 is 0 Å². The van der Waals surface area contributed by atoms with Crippen molar-refractivity contribution < 1.29 is 9.59 Å². The van der Waals surface area contributed by atoms with Crippen LogP contribution >= 0.6 is 0 Å². The molecular weight excluding hydrogens is 312 g/mol. The third-order valence-corrected chi connectivity index (χ3v) is 3.96. The normalized spacial score (nSPS) is 10.3. The van der Waals surface area contributed by atoms with Crippen LogP contribution in [0, 0.1) is 0 Å². The molecule has 2 rings (SSSR count). The third-order valence-electron chi connectivity index (χ3n) is 3.96. The Hall–Kier alpha value is -2.62. The molecule has 0 aliphatic carbocycles. The predicted molar refractivity (Wildman–Crippen MR) is 101 cm³/mol. The topological polar surface area (TPSA) is 49.4 Å². The van der Waals surface area contributed by atoms with Crippen LogP contribution < -0.4 is 5.32 Å². The molecule has 0 heterocycles. The minimum Gasteiger partial charge on any atom is -0.348 e. The Morgan fingerprint density at radius 2 is 1.44 bits per heavy atom. The van der Waals surface area contributed by atoms with Crippen LogP contribution in [0.2, 0.25) is 0 Å². The van der Waals surface area contributed by atoms with E-state index in [0.29, 0.717) is 17.7 Å². The lowest BCUT2D eigenvalue weighted by Crippen LogP contribution is -2.32. The van der Waals surface area contributed by atoms with E-state index in [4.69, 9.17) is 0 Å². The average Bonchev–Trinajstić information content (AvgIpc) is 2.66. The van der Waals surface area contributed by atoms with Gasteiger partial charge in [-0.15, -0.1) is 0 Å². The lowest BCUT2D eigenvalue weighted by Gasteiger charge is -2.21. The maximum Gasteiger partial charge on any atom is 0.253 e. The summed E-state index contributed by atoms with van der Waals surface area (Å²) < 4.78 is 0. The van der Waals surface area contributed by atoms with Crippen molar-refractivity contribution in [2.45, 2.75) is 33.2 Å². The predicted octanol–water partition coefficient (Wildman–Crippen LogP) is 3.88. The van der Waals surface area contributed by atoms with E-state index in [2.05, 4.69) is 19.2 Å². The van der Waals surface area contributed by atoms with Crippen molar-refractivity contribution in [3.63, 3.8) is 0 Å². The molecule has 0 unspecified atom stereocenters. The molecule has 4 heteroatoms. The van der Waals surface area contributed by atoms with Gasteiger partial charge >= 0.3 is 0 Å². The highest BCUT2D eigenvalue weighted by Crippen LogP contribution is 2.09. The van der Waals surface area contributed by atoms with Gasteiger partial charge in [0, 0.05) is 30.8 Å². The Labute approximate surface area is 149 Å². The molecule has 0 saturated carbocycles. The molecule has 2 aromatic rings. The van der Waals surface area contributed by atoms with Crippen LogP contribution in [0.3, 0.4) is 0 Å². The van der Waals surface area contributed by atoms with Gasteiger partial charge in [-0.05, 0) is 42.7 Å². The van der Waals surface area contributed by atoms with E-state index in [1.807, 2.05) is 47.4 Å². The fourth-order valence-corrected chi connectivity index (χ4v) is 2.68. The van der Waals surface area contributed by atoms with Gasteiger partial charge in [-0.1, -0.05) is 44.2 Å². The molecule has 1 N–H and O–H groups in total. The highest BCUT2D eigenvalue weighted by atomic mass is 16.2. The highest BCUT2D eigenvalue weighted by molar-refractivity contribution is 5.95. The molecule has 0 atom stereocenters. The minimum atomic E-state index is -0.0992. The smallest absolute Gasteiger partial charge is 0.253 e. The number of hydrogen-bond acceptors (Lipinski definition) is 2. The SMILES string of the molecule is CCCN(CCC)C(=O)c1ccc(CNC(=O)c2ccccc2)cc1. The van der Waals surface area contributed by atoms with Crippen LogP contribution in [-0.4, -0.2) is 29.8 Å². The van der Waals surface area contributed by atoms with E-state index in [1.54, 1.807) is 12.1 Å². The lowest BCUT2D eigenvalue weighted by atomic mass is 10.1. The van der Waals surface area contributed by atoms with Crippen LogP contribution in [0.1, 0.15) is 53.0 Å². The molecule has 0 fully saturated rings. The summed E-state index contributed by atoms with van der Waals surface area (Å²) >= 11 is 0. The monoisotopic (exact) mass is 338 g/mol. The molecule has 0 bridgehead atoms. The fourth-order valence-electron chi connectivity index (χ4n) is 2.68. The van der Waals surface area contributed by atoms with Gasteiger partial charge in [0.2, 0.25) is 0 Å². The molecule has 132 valence electrons. The minimum absolute atomic E-state index is 0.0728. The summed E-state index contributed by atoms with van der Waals surface area (Å²) in [6.45, 7) is 6.15. The molecule has 2 amide bonds. The summed E-state index contributed by atoms with van der Waals surface area (Å²) in [5.74, 6) is -0.0265. The van der Waals surface area contributed by atoms with E-state index in [9.17, 15) is 9.59 Å². The van der Waals surface area contributed by atoms with E-state index in [-0.39, 0.29) is 11.8 Å². The third kappa shape index (κ3) is 5.45. The van der Waals surface area contributed by atoms with Gasteiger partial charge in [-0.2, -0.15) is 0 Å². The van der Waals surface area contributed by atoms with Crippen LogP contribution in [0.15, 0.2) is 54.6 Å². The van der Waals surface area contributed by atoms with Crippen LogP contribution in [-0.2, 0) is 6.54 Å². The molecule has 25 heavy (non-hydrogen) atoms. The molecule has 0 radical (unpaired) electrons. The van der Waals surface area contributed by atoms with Crippen LogP contribution in [0.5, 0.6) is 0 Å². The Kier molecular flexibility index (Phi) is 7.20. The second-order valence-corrected chi connectivity index (χ2v) is 6.04. The maximum atomic E-state index is 12.5. The van der Waals surface area contributed by atoms with Crippen molar-refractivity contribution in [1.29, 1.82) is 0 Å². The van der Waals surface area contributed by atoms with Gasteiger partial charge in [0.15, 0.2) is 0 Å². The van der Waals surface area contributed by atoms with Crippen molar-refractivity contribution in [2.24, 2.45) is 0 Å². The zero-order valence-electron chi connectivity index (χ0n) is 15.0. The van der Waals surface area contributed by atoms with Gasteiger partial charge in [-0.25, -0.2) is 0 Å². The van der Waals surface area contributed by atoms with Gasteiger partial charge < -0.3 is 10.2 Å². The second-order valence-electron chi connectivity index (χ2n) is 6.04. The maximum absolute atomic E-state index is 12.5. The zero-order valence-corrected chi connectivity index (χ0v) is 15.0. The number of rotatable bonds is 8. The first kappa shape index (κ1) is 18.7. The fraction of sp³-hybridized carbons (Fsp3) is 0.333. The zero-order chi connectivity index (χ0) is 18.1. The largest absolute Gasteiger partial charge is 0.348 e. The van der Waals surface area contributed by atoms with E-state index in [0.717, 1.165) is 31.5 Å². The number of nitrogens with zero attached hydrogens (tertiary/aromatic N) is 1. The number of hydrogen-bond donors (Lipinski definition) is 1. The number of carbonyl (C=O) groups is 2. The van der Waals surface area contributed by atoms with Crippen molar-refractivity contribution in [2.75, 3.05) is 13.1 Å². The van der Waals surface area contributed by atoms with E-state index >= 15 is 0 Å². The summed E-state index contributed by atoms with van der Waals surface area (Å²) in [6.07, 6.45) is 1.91. The molecule has 4 nitrogen and oxygen atoms in total. The molecule has 0 saturated heterocycles. The van der Waals surface area contributed by atoms with E-state index in [1.165, 1.54) is 0 Å². The summed E-state index contributed by atoms with van der Waals surface area (Å²) in [7, 11) is 0. The number of carbonyl (C=O) groups excluding carboxylic acids is 2. The Balaban J connectivity index is 1.95. The number of benzene rings is 2. The first-order chi connectivity index (χ1) is 12.2. The summed E-state index contributed by atoms with van der Waals surface area (Å²) in [5.41, 5.74) is 2.31. The van der Waals surface area contributed by atoms with Gasteiger partial charge in [0.25, 0.3) is 11.8 Å². The first-order valence-electron chi connectivity index (χ1n) is 8.87. The number of amides is 2. The first-order valence-corrected chi connectivity index (χ1v) is 8.87. The Morgan fingerprint density at radius 1 is 0.840 bits per heavy atom. The summed E-state index contributed by atoms with van der Waals surface area (Å²) in [6, 6.07) is 16.6. The number of nitrogens with one attached hydrogen (secondary N) is 1. The second kappa shape index (κ2) is 9.62. The molecule has 0 aliphatic heterocycles. The quantitative estimate of drug-likeness (QED) is 0.794. The molecule has 2 aromatic carbocycles. The van der Waals surface area contributed by atoms with Crippen molar-refractivity contribution in [3.05, 3.63) is 71.3 Å². The lowest BCUT2D eigenvalue weighted by molar-refractivity contribution is 0.0755. The van der Waals surface area contributed by atoms with Crippen molar-refractivity contribution >= 4 is 11.8 Å². The molecule has 0 aliphatic rings. The van der Waals surface area contributed by atoms with Gasteiger partial charge in [0.1, 0.15) is 0 Å². The van der Waals surface area contributed by atoms with Gasteiger partial charge in [0.05, 0.1) is 0 Å². The van der Waals surface area contributed by atoms with Crippen LogP contribution in [0.25, 0.3) is 0 Å². The molecule has 0 spiro atoms. The Bertz CT molecular complexity index is 675. The molecular formula is C21H26N2O2. The van der Waals surface area contributed by atoms with Crippen LogP contribution in [0.4, 0.5) is 0 Å². The summed E-state index contributed by atoms with van der Waals surface area (Å²) in [5, 5.41) is 2.89. The standard InChI is InChI=1S/C21H26N2O2/c1-3-14-23(15-4-2)21(25)19-12-10-17(11-13-19)16-22-20(24)18-8-6-5-7-9-18/h5-13H,3-4,14-16H2,1-2H3,(H,22,24). The van der Waals surface area contributed by atoms with Crippen molar-refractivity contribution in [3.8, 4) is 0 Å².